The predicted octanol–water partition coefficient (Wildman–Crippen LogP) is 5.57. The molecule has 0 amide bonds. The van der Waals surface area contributed by atoms with Crippen LogP contribution in [-0.4, -0.2) is 53.4 Å². The Morgan fingerprint density at radius 1 is 0.788 bits per heavy atom. The van der Waals surface area contributed by atoms with Gasteiger partial charge in [0.1, 0.15) is 23.3 Å². The Labute approximate surface area is 295 Å². The number of aliphatic hydroxyl groups is 1. The monoisotopic (exact) mass is 743 g/mol. The smallest absolute Gasteiger partial charge is 0.294 e. The van der Waals surface area contributed by atoms with Crippen LogP contribution >= 0.6 is 12.0 Å². The summed E-state index contributed by atoms with van der Waals surface area (Å²) in [4.78, 5) is 46.0. The third-order valence-electron chi connectivity index (χ3n) is 7.09. The fourth-order valence-corrected chi connectivity index (χ4v) is 4.80. The van der Waals surface area contributed by atoms with Gasteiger partial charge in [0.05, 0.1) is 19.3 Å². The second-order valence-electron chi connectivity index (χ2n) is 11.4. The SMILES string of the molecule is COOSc1ncc2cc(Oc3c(F)cccc3F)c(=O)n(C)c2n1.Cn1c(=O)c(Oc2c(F)cccc2F)cc2cnc(NC(C)(C)CO)nc21. The molecule has 4 aromatic heterocycles. The predicted molar refractivity (Wildman–Crippen MR) is 181 cm³/mol. The molecule has 19 heteroatoms. The second-order valence-corrected chi connectivity index (χ2v) is 12.1. The summed E-state index contributed by atoms with van der Waals surface area (Å²) < 4.78 is 72.5. The molecule has 0 radical (unpaired) electrons. The van der Waals surface area contributed by atoms with Crippen LogP contribution in [-0.2, 0) is 23.3 Å². The molecule has 2 N–H and O–H groups in total. The van der Waals surface area contributed by atoms with E-state index < -0.39 is 51.4 Å². The number of hydrogen-bond donors (Lipinski definition) is 2. The first-order chi connectivity index (χ1) is 24.7. The fraction of sp³-hybridized carbons (Fsp3) is 0.212. The molecule has 6 rings (SSSR count). The van der Waals surface area contributed by atoms with Crippen molar-refractivity contribution in [1.82, 2.24) is 29.1 Å². The highest BCUT2D eigenvalue weighted by Crippen LogP contribution is 2.29. The summed E-state index contributed by atoms with van der Waals surface area (Å²) >= 11 is 0.770. The molecule has 0 spiro atoms. The third kappa shape index (κ3) is 8.28. The van der Waals surface area contributed by atoms with Crippen LogP contribution in [0.3, 0.4) is 0 Å². The molecule has 0 aliphatic heterocycles. The van der Waals surface area contributed by atoms with Gasteiger partial charge in [0, 0.05) is 37.3 Å². The molecule has 272 valence electrons. The number of para-hydroxylation sites is 2. The maximum absolute atomic E-state index is 13.8. The van der Waals surface area contributed by atoms with Crippen molar-refractivity contribution in [3.63, 3.8) is 0 Å². The molecule has 0 aliphatic rings. The van der Waals surface area contributed by atoms with Gasteiger partial charge in [-0.25, -0.2) is 37.4 Å². The van der Waals surface area contributed by atoms with E-state index in [1.165, 1.54) is 67.0 Å². The average Bonchev–Trinajstić information content (AvgIpc) is 3.11. The third-order valence-corrected chi connectivity index (χ3v) is 7.64. The van der Waals surface area contributed by atoms with Crippen LogP contribution in [0.2, 0.25) is 0 Å². The Morgan fingerprint density at radius 2 is 1.25 bits per heavy atom. The molecular formula is C33H29F4N7O7S. The number of halogens is 4. The highest BCUT2D eigenvalue weighted by atomic mass is 32.2. The number of fused-ring (bicyclic) bond motifs is 2. The number of aliphatic hydroxyl groups excluding tert-OH is 1. The van der Waals surface area contributed by atoms with Crippen molar-refractivity contribution in [3.8, 4) is 23.0 Å². The quantitative estimate of drug-likeness (QED) is 0.0589. The minimum Gasteiger partial charge on any atom is -0.445 e. The van der Waals surface area contributed by atoms with Crippen molar-refractivity contribution < 1.29 is 41.4 Å². The normalized spacial score (nSPS) is 11.3. The van der Waals surface area contributed by atoms with E-state index in [-0.39, 0.29) is 29.2 Å². The van der Waals surface area contributed by atoms with Crippen molar-refractivity contribution in [2.75, 3.05) is 19.0 Å². The highest BCUT2D eigenvalue weighted by molar-refractivity contribution is 7.94. The van der Waals surface area contributed by atoms with Crippen molar-refractivity contribution in [3.05, 3.63) is 105 Å². The van der Waals surface area contributed by atoms with E-state index in [0.29, 0.717) is 22.1 Å². The molecular weight excluding hydrogens is 714 g/mol. The van der Waals surface area contributed by atoms with Gasteiger partial charge in [-0.2, -0.15) is 9.32 Å². The molecule has 14 nitrogen and oxygen atoms in total. The molecule has 0 aliphatic carbocycles. The Morgan fingerprint density at radius 3 is 1.71 bits per heavy atom. The lowest BCUT2D eigenvalue weighted by Gasteiger charge is -2.23. The summed E-state index contributed by atoms with van der Waals surface area (Å²) in [6, 6.07) is 9.18. The van der Waals surface area contributed by atoms with Crippen LogP contribution in [0.5, 0.6) is 23.0 Å². The summed E-state index contributed by atoms with van der Waals surface area (Å²) in [5.74, 6) is -5.25. The van der Waals surface area contributed by atoms with Gasteiger partial charge in [-0.1, -0.05) is 12.1 Å². The molecule has 0 unspecified atom stereocenters. The van der Waals surface area contributed by atoms with E-state index >= 15 is 0 Å². The second kappa shape index (κ2) is 15.7. The Hall–Kier alpha value is -5.63. The number of aryl methyl sites for hydroxylation is 2. The van der Waals surface area contributed by atoms with Crippen LogP contribution in [0.4, 0.5) is 23.5 Å². The standard InChI is InChI=1S/C18H18F2N4O3.C15H11F2N3O4S/c1-18(2,9-25)23-17-21-8-10-7-13(16(26)24(3)15(10)22-17)27-14-11(19)5-4-6-12(14)20;1-20-13-8(7-18-15(19-13)25-24-22-2)6-11(14(20)21)23-12-9(16)4-3-5-10(12)17/h4-8,25H,9H2,1-3H3,(H,21,22,23);3-7H,1-2H3. The van der Waals surface area contributed by atoms with Crippen LogP contribution in [0, 0.1) is 23.3 Å². The largest absolute Gasteiger partial charge is 0.445 e. The number of benzene rings is 2. The van der Waals surface area contributed by atoms with E-state index in [4.69, 9.17) is 9.47 Å². The van der Waals surface area contributed by atoms with Crippen molar-refractivity contribution in [2.45, 2.75) is 24.5 Å². The van der Waals surface area contributed by atoms with Crippen LogP contribution in [0.15, 0.2) is 75.7 Å². The first-order valence-corrected chi connectivity index (χ1v) is 15.7. The van der Waals surface area contributed by atoms with Gasteiger partial charge in [-0.3, -0.25) is 18.7 Å². The van der Waals surface area contributed by atoms with Gasteiger partial charge in [-0.05, 0) is 50.2 Å². The first-order valence-electron chi connectivity index (χ1n) is 15.0. The fourth-order valence-electron chi connectivity index (χ4n) is 4.45. The summed E-state index contributed by atoms with van der Waals surface area (Å²) in [5.41, 5.74) is -1.29. The zero-order valence-corrected chi connectivity index (χ0v) is 28.8. The van der Waals surface area contributed by atoms with Crippen LogP contribution in [0.25, 0.3) is 22.1 Å². The van der Waals surface area contributed by atoms with E-state index in [2.05, 4.69) is 34.5 Å². The zero-order valence-electron chi connectivity index (χ0n) is 28.0. The van der Waals surface area contributed by atoms with Gasteiger partial charge < -0.3 is 19.9 Å². The maximum Gasteiger partial charge on any atom is 0.294 e. The minimum absolute atomic E-state index is 0.145. The maximum atomic E-state index is 13.8. The molecule has 6 aromatic rings. The molecule has 0 saturated carbocycles. The lowest BCUT2D eigenvalue weighted by atomic mass is 10.1. The topological polar surface area (TPSA) is 165 Å². The number of nitrogens with zero attached hydrogens (tertiary/aromatic N) is 6. The van der Waals surface area contributed by atoms with Crippen LogP contribution in [0.1, 0.15) is 13.8 Å². The average molecular weight is 744 g/mol. The van der Waals surface area contributed by atoms with E-state index in [9.17, 15) is 32.3 Å². The number of hydrogen-bond acceptors (Lipinski definition) is 13. The van der Waals surface area contributed by atoms with Crippen molar-refractivity contribution >= 4 is 40.1 Å². The molecule has 4 heterocycles. The Kier molecular flexibility index (Phi) is 11.4. The van der Waals surface area contributed by atoms with Crippen LogP contribution < -0.4 is 25.9 Å². The Bertz CT molecular complexity index is 2350. The zero-order chi connectivity index (χ0) is 37.7. The number of pyridine rings is 2. The minimum atomic E-state index is -0.917. The summed E-state index contributed by atoms with van der Waals surface area (Å²) in [6.07, 6.45) is 2.87. The lowest BCUT2D eigenvalue weighted by molar-refractivity contribution is -0.160. The van der Waals surface area contributed by atoms with Crippen molar-refractivity contribution in [1.29, 1.82) is 0 Å². The van der Waals surface area contributed by atoms with E-state index in [1.807, 2.05) is 0 Å². The van der Waals surface area contributed by atoms with Gasteiger partial charge in [-0.15, -0.1) is 0 Å². The molecule has 2 aromatic carbocycles. The molecule has 0 bridgehead atoms. The lowest BCUT2D eigenvalue weighted by Crippen LogP contribution is -2.35. The van der Waals surface area contributed by atoms with Crippen molar-refractivity contribution in [2.24, 2.45) is 14.1 Å². The van der Waals surface area contributed by atoms with Gasteiger partial charge >= 0.3 is 0 Å². The summed E-state index contributed by atoms with van der Waals surface area (Å²) in [5, 5.41) is 13.4. The summed E-state index contributed by atoms with van der Waals surface area (Å²) in [7, 11) is 4.24. The van der Waals surface area contributed by atoms with E-state index in [1.54, 1.807) is 13.8 Å². The Balaban J connectivity index is 0.000000202. The number of aromatic nitrogens is 6. The first kappa shape index (κ1) is 37.6. The van der Waals surface area contributed by atoms with Gasteiger partial charge in [0.2, 0.25) is 11.1 Å². The molecule has 0 atom stereocenters. The number of anilines is 1. The number of rotatable bonds is 10. The van der Waals surface area contributed by atoms with Gasteiger partial charge in [0.15, 0.2) is 46.3 Å². The van der Waals surface area contributed by atoms with Gasteiger partial charge in [0.25, 0.3) is 11.1 Å². The number of nitrogens with one attached hydrogen (secondary N) is 1. The molecule has 52 heavy (non-hydrogen) atoms. The molecule has 0 fully saturated rings. The number of ether oxygens (including phenoxy) is 2. The highest BCUT2D eigenvalue weighted by Gasteiger charge is 2.20. The molecule has 0 saturated heterocycles. The summed E-state index contributed by atoms with van der Waals surface area (Å²) in [6.45, 7) is 3.38. The van der Waals surface area contributed by atoms with E-state index in [0.717, 1.165) is 36.3 Å².